The zero-order valence-corrected chi connectivity index (χ0v) is 16.1. The largest absolute Gasteiger partial charge is 0.375 e. The summed E-state index contributed by atoms with van der Waals surface area (Å²) in [5, 5.41) is 0. The molecule has 24 heavy (non-hydrogen) atoms. The average Bonchev–Trinajstić information content (AvgIpc) is 2.50. The van der Waals surface area contributed by atoms with Crippen molar-refractivity contribution in [2.45, 2.75) is 46.6 Å². The van der Waals surface area contributed by atoms with Crippen LogP contribution >= 0.6 is 0 Å². The Bertz CT molecular complexity index is 577. The molecule has 1 aliphatic heterocycles. The lowest BCUT2D eigenvalue weighted by molar-refractivity contribution is -0.218. The zero-order valence-electron chi connectivity index (χ0n) is 16.1. The van der Waals surface area contributed by atoms with Gasteiger partial charge in [0.25, 0.3) is 0 Å². The maximum Gasteiger partial charge on any atom is 0.140 e. The molecular formula is C20H32N2O2. The van der Waals surface area contributed by atoms with Crippen molar-refractivity contribution in [3.05, 3.63) is 28.8 Å². The van der Waals surface area contributed by atoms with Crippen molar-refractivity contribution in [3.63, 3.8) is 0 Å². The van der Waals surface area contributed by atoms with Crippen molar-refractivity contribution in [3.8, 4) is 0 Å². The maximum absolute atomic E-state index is 6.28. The van der Waals surface area contributed by atoms with Crippen molar-refractivity contribution in [2.75, 3.05) is 33.4 Å². The van der Waals surface area contributed by atoms with Gasteiger partial charge in [0.05, 0.1) is 25.2 Å². The molecule has 0 N–H and O–H groups in total. The van der Waals surface area contributed by atoms with Gasteiger partial charge in [0.2, 0.25) is 0 Å². The molecule has 0 unspecified atom stereocenters. The lowest BCUT2D eigenvalue weighted by atomic mass is 9.86. The third kappa shape index (κ3) is 4.37. The minimum Gasteiger partial charge on any atom is -0.375 e. The van der Waals surface area contributed by atoms with Crippen LogP contribution in [0.15, 0.2) is 17.1 Å². The van der Waals surface area contributed by atoms with Gasteiger partial charge in [0, 0.05) is 20.2 Å². The normalized spacial score (nSPS) is 16.6. The number of aliphatic imine (C=N–C) groups is 1. The molecule has 0 radical (unpaired) electrons. The van der Waals surface area contributed by atoms with Gasteiger partial charge in [-0.25, -0.2) is 4.99 Å². The van der Waals surface area contributed by atoms with E-state index in [1.807, 2.05) is 13.4 Å². The summed E-state index contributed by atoms with van der Waals surface area (Å²) in [4.78, 5) is 6.69. The van der Waals surface area contributed by atoms with Crippen LogP contribution in [0.1, 0.15) is 43.9 Å². The average molecular weight is 332 g/mol. The molecular weight excluding hydrogens is 300 g/mol. The molecule has 0 bridgehead atoms. The van der Waals surface area contributed by atoms with Crippen LogP contribution in [0.3, 0.4) is 0 Å². The van der Waals surface area contributed by atoms with Crippen LogP contribution < -0.4 is 0 Å². The number of hydrogen-bond acceptors (Lipinski definition) is 3. The van der Waals surface area contributed by atoms with Crippen molar-refractivity contribution in [1.29, 1.82) is 0 Å². The first-order chi connectivity index (χ1) is 11.4. The summed E-state index contributed by atoms with van der Waals surface area (Å²) in [5.41, 5.74) is 4.40. The van der Waals surface area contributed by atoms with E-state index in [-0.39, 0.29) is 5.60 Å². The summed E-state index contributed by atoms with van der Waals surface area (Å²) < 4.78 is 11.8. The smallest absolute Gasteiger partial charge is 0.140 e. The number of benzene rings is 1. The molecule has 134 valence electrons. The number of aryl methyl sites for hydroxylation is 2. The van der Waals surface area contributed by atoms with Gasteiger partial charge in [-0.1, -0.05) is 19.9 Å². The zero-order chi connectivity index (χ0) is 17.7. The summed E-state index contributed by atoms with van der Waals surface area (Å²) in [7, 11) is 2.03. The van der Waals surface area contributed by atoms with E-state index in [1.165, 1.54) is 16.7 Å². The van der Waals surface area contributed by atoms with Gasteiger partial charge in [-0.05, 0) is 55.9 Å². The summed E-state index contributed by atoms with van der Waals surface area (Å²) in [6.45, 7) is 13.8. The van der Waals surface area contributed by atoms with Crippen LogP contribution in [0.5, 0.6) is 0 Å². The Labute approximate surface area is 146 Å². The van der Waals surface area contributed by atoms with E-state index < -0.39 is 0 Å². The van der Waals surface area contributed by atoms with Crippen molar-refractivity contribution in [1.82, 2.24) is 4.90 Å². The molecule has 0 aromatic heterocycles. The predicted octanol–water partition coefficient (Wildman–Crippen LogP) is 4.20. The van der Waals surface area contributed by atoms with E-state index in [9.17, 15) is 0 Å². The second kappa shape index (κ2) is 8.13. The van der Waals surface area contributed by atoms with E-state index in [2.05, 4.69) is 56.6 Å². The molecule has 0 atom stereocenters. The standard InChI is InChI=1S/C20H32N2O2/c1-7-22(6)14-21-19-11-16(4)18(10-17(19)5)20(12-23-13-20)24-9-8-15(2)3/h10-11,14-15H,7-9,12-13H2,1-6H3. The van der Waals surface area contributed by atoms with E-state index >= 15 is 0 Å². The molecule has 4 nitrogen and oxygen atoms in total. The predicted molar refractivity (Wildman–Crippen MR) is 100 cm³/mol. The van der Waals surface area contributed by atoms with Crippen molar-refractivity contribution >= 4 is 12.0 Å². The Morgan fingerprint density at radius 3 is 2.54 bits per heavy atom. The maximum atomic E-state index is 6.28. The molecule has 1 aliphatic rings. The molecule has 0 saturated carbocycles. The van der Waals surface area contributed by atoms with Crippen LogP contribution in [0, 0.1) is 19.8 Å². The molecule has 2 rings (SSSR count). The Hall–Kier alpha value is -1.39. The molecule has 1 aromatic rings. The van der Waals surface area contributed by atoms with Gasteiger partial charge in [0.15, 0.2) is 0 Å². The van der Waals surface area contributed by atoms with Gasteiger partial charge in [-0.15, -0.1) is 0 Å². The minimum absolute atomic E-state index is 0.272. The lowest BCUT2D eigenvalue weighted by Crippen LogP contribution is -2.49. The summed E-state index contributed by atoms with van der Waals surface area (Å²) >= 11 is 0. The summed E-state index contributed by atoms with van der Waals surface area (Å²) in [6.07, 6.45) is 2.97. The van der Waals surface area contributed by atoms with Crippen LogP contribution in [-0.4, -0.2) is 44.7 Å². The minimum atomic E-state index is -0.272. The monoisotopic (exact) mass is 332 g/mol. The molecule has 1 aromatic carbocycles. The Kier molecular flexibility index (Phi) is 6.41. The molecule has 0 aliphatic carbocycles. The fraction of sp³-hybridized carbons (Fsp3) is 0.650. The first-order valence-electron chi connectivity index (χ1n) is 8.96. The topological polar surface area (TPSA) is 34.1 Å². The van der Waals surface area contributed by atoms with Gasteiger partial charge in [0.1, 0.15) is 5.60 Å². The molecule has 1 heterocycles. The third-order valence-electron chi connectivity index (χ3n) is 4.67. The quantitative estimate of drug-likeness (QED) is 0.528. The van der Waals surface area contributed by atoms with Gasteiger partial charge in [-0.3, -0.25) is 0 Å². The third-order valence-corrected chi connectivity index (χ3v) is 4.67. The number of hydrogen-bond donors (Lipinski definition) is 0. The second-order valence-electron chi connectivity index (χ2n) is 7.29. The number of nitrogens with zero attached hydrogens (tertiary/aromatic N) is 2. The molecule has 1 saturated heterocycles. The highest BCUT2D eigenvalue weighted by atomic mass is 16.6. The van der Waals surface area contributed by atoms with Crippen molar-refractivity contribution < 1.29 is 9.47 Å². The van der Waals surface area contributed by atoms with Crippen LogP contribution in [0.25, 0.3) is 0 Å². The molecule has 0 spiro atoms. The molecule has 0 amide bonds. The van der Waals surface area contributed by atoms with Crippen LogP contribution in [0.4, 0.5) is 5.69 Å². The van der Waals surface area contributed by atoms with E-state index in [0.29, 0.717) is 19.1 Å². The highest BCUT2D eigenvalue weighted by Gasteiger charge is 2.42. The lowest BCUT2D eigenvalue weighted by Gasteiger charge is -2.42. The van der Waals surface area contributed by atoms with Crippen LogP contribution in [0.2, 0.25) is 0 Å². The highest BCUT2D eigenvalue weighted by molar-refractivity contribution is 5.64. The Balaban J connectivity index is 2.20. The number of ether oxygens (including phenoxy) is 2. The van der Waals surface area contributed by atoms with E-state index in [0.717, 1.165) is 25.3 Å². The first-order valence-corrected chi connectivity index (χ1v) is 8.96. The Morgan fingerprint density at radius 2 is 2.00 bits per heavy atom. The Morgan fingerprint density at radius 1 is 1.29 bits per heavy atom. The van der Waals surface area contributed by atoms with Gasteiger partial charge in [-0.2, -0.15) is 0 Å². The summed E-state index contributed by atoms with van der Waals surface area (Å²) in [5.74, 6) is 0.651. The molecule has 4 heteroatoms. The van der Waals surface area contributed by atoms with Crippen molar-refractivity contribution in [2.24, 2.45) is 10.9 Å². The second-order valence-corrected chi connectivity index (χ2v) is 7.29. The fourth-order valence-electron chi connectivity index (χ4n) is 2.77. The van der Waals surface area contributed by atoms with E-state index in [4.69, 9.17) is 9.47 Å². The van der Waals surface area contributed by atoms with E-state index in [1.54, 1.807) is 0 Å². The van der Waals surface area contributed by atoms with Gasteiger partial charge < -0.3 is 14.4 Å². The van der Waals surface area contributed by atoms with Crippen LogP contribution in [-0.2, 0) is 15.1 Å². The fourth-order valence-corrected chi connectivity index (χ4v) is 2.77. The highest BCUT2D eigenvalue weighted by Crippen LogP contribution is 2.38. The summed E-state index contributed by atoms with van der Waals surface area (Å²) in [6, 6.07) is 4.39. The number of rotatable bonds is 8. The van der Waals surface area contributed by atoms with Gasteiger partial charge >= 0.3 is 0 Å². The first kappa shape index (κ1) is 18.9. The molecule has 1 fully saturated rings. The SMILES string of the molecule is CCN(C)C=Nc1cc(C)c(C2(OCCC(C)C)COC2)cc1C.